The average Bonchev–Trinajstić information content (AvgIpc) is 2.80. The van der Waals surface area contributed by atoms with Gasteiger partial charge in [-0.05, 0) is 36.6 Å². The number of H-pyrrole nitrogens is 1. The first-order valence-electron chi connectivity index (χ1n) is 10.5. The number of rotatable bonds is 7. The van der Waals surface area contributed by atoms with Gasteiger partial charge in [0.25, 0.3) is 17.1 Å². The molecule has 0 amide bonds. The Balaban J connectivity index is 1.61. The lowest BCUT2D eigenvalue weighted by molar-refractivity contribution is 0.0713. The van der Waals surface area contributed by atoms with Crippen LogP contribution in [0.25, 0.3) is 5.69 Å². The van der Waals surface area contributed by atoms with Gasteiger partial charge in [0.2, 0.25) is 0 Å². The number of aliphatic hydroxyl groups excluding tert-OH is 1. The normalized spacial score (nSPS) is 18.0. The minimum atomic E-state index is -3.23. The molecule has 2 heterocycles. The SMILES string of the molecule is O=C(c1cc(Cc2c(Cl)cc(-n3nc(C(F)F)c(=O)[nH]c3=O)cc2Cl)ncc1O)S(=O)NC1CC(O)C1. The number of aliphatic hydroxyl groups is 1. The molecule has 1 saturated carbocycles. The second-order valence-corrected chi connectivity index (χ2v) is 10.1. The minimum absolute atomic E-state index is 0.0162. The van der Waals surface area contributed by atoms with Crippen LogP contribution in [0.5, 0.6) is 5.75 Å². The first-order valence-corrected chi connectivity index (χ1v) is 12.4. The summed E-state index contributed by atoms with van der Waals surface area (Å²) < 4.78 is 41.6. The molecule has 16 heteroatoms. The third kappa shape index (κ3) is 5.78. The van der Waals surface area contributed by atoms with Gasteiger partial charge in [0, 0.05) is 28.2 Å². The van der Waals surface area contributed by atoms with Crippen LogP contribution in [0.3, 0.4) is 0 Å². The molecular weight excluding hydrogens is 559 g/mol. The summed E-state index contributed by atoms with van der Waals surface area (Å²) in [5, 5.41) is 21.9. The van der Waals surface area contributed by atoms with Crippen molar-refractivity contribution in [2.24, 2.45) is 0 Å². The topological polar surface area (TPSA) is 167 Å². The van der Waals surface area contributed by atoms with Gasteiger partial charge in [-0.25, -0.2) is 22.5 Å². The van der Waals surface area contributed by atoms with Crippen LogP contribution in [-0.4, -0.2) is 51.4 Å². The fraction of sp³-hybridized carbons (Fsp3) is 0.286. The predicted octanol–water partition coefficient (Wildman–Crippen LogP) is 1.77. The number of nitrogens with one attached hydrogen (secondary N) is 2. The summed E-state index contributed by atoms with van der Waals surface area (Å²) in [7, 11) is -2.17. The van der Waals surface area contributed by atoms with Gasteiger partial charge in [-0.15, -0.1) is 0 Å². The molecule has 1 aromatic carbocycles. The second-order valence-electron chi connectivity index (χ2n) is 8.11. The van der Waals surface area contributed by atoms with Crippen LogP contribution in [0.4, 0.5) is 8.78 Å². The number of hydrogen-bond acceptors (Lipinski definition) is 8. The molecule has 1 unspecified atom stereocenters. The number of aromatic hydroxyl groups is 1. The van der Waals surface area contributed by atoms with Crippen LogP contribution in [-0.2, 0) is 17.4 Å². The Morgan fingerprint density at radius 2 is 1.89 bits per heavy atom. The average molecular weight is 576 g/mol. The molecule has 1 aliphatic rings. The monoisotopic (exact) mass is 575 g/mol. The van der Waals surface area contributed by atoms with Crippen LogP contribution in [0.15, 0.2) is 34.0 Å². The van der Waals surface area contributed by atoms with Gasteiger partial charge >= 0.3 is 5.69 Å². The summed E-state index contributed by atoms with van der Waals surface area (Å²) in [6, 6.07) is 3.35. The molecule has 2 aromatic heterocycles. The van der Waals surface area contributed by atoms with E-state index < -0.39 is 51.3 Å². The van der Waals surface area contributed by atoms with E-state index in [1.54, 1.807) is 4.98 Å². The number of hydrogen-bond donors (Lipinski definition) is 4. The lowest BCUT2D eigenvalue weighted by Crippen LogP contribution is -2.46. The smallest absolute Gasteiger partial charge is 0.349 e. The number of nitrogens with zero attached hydrogens (tertiary/aromatic N) is 3. The molecule has 196 valence electrons. The maximum Gasteiger partial charge on any atom is 0.349 e. The zero-order valence-corrected chi connectivity index (χ0v) is 20.8. The Bertz CT molecular complexity index is 1500. The van der Waals surface area contributed by atoms with E-state index in [2.05, 4.69) is 14.8 Å². The van der Waals surface area contributed by atoms with E-state index in [9.17, 15) is 37.6 Å². The fourth-order valence-corrected chi connectivity index (χ4v) is 5.11. The van der Waals surface area contributed by atoms with Crippen LogP contribution in [0.1, 0.15) is 46.6 Å². The van der Waals surface area contributed by atoms with Gasteiger partial charge < -0.3 is 10.2 Å². The summed E-state index contributed by atoms with van der Waals surface area (Å²) >= 11 is 12.7. The molecule has 1 fully saturated rings. The molecular formula is C21H17Cl2F2N5O6S. The van der Waals surface area contributed by atoms with Gasteiger partial charge in [0.15, 0.2) is 16.7 Å². The van der Waals surface area contributed by atoms with Crippen LogP contribution >= 0.6 is 23.2 Å². The highest BCUT2D eigenvalue weighted by molar-refractivity contribution is 7.99. The van der Waals surface area contributed by atoms with Gasteiger partial charge in [-0.1, -0.05) is 23.2 Å². The van der Waals surface area contributed by atoms with E-state index in [4.69, 9.17) is 23.2 Å². The first kappa shape index (κ1) is 27.0. The Labute approximate surface area is 218 Å². The summed E-state index contributed by atoms with van der Waals surface area (Å²) in [5.74, 6) is -0.497. The molecule has 0 bridgehead atoms. The molecule has 0 aliphatic heterocycles. The Hall–Kier alpha value is -3.04. The number of benzene rings is 1. The summed E-state index contributed by atoms with van der Waals surface area (Å²) in [5.41, 5.74) is -3.44. The molecule has 0 radical (unpaired) electrons. The number of pyridine rings is 1. The summed E-state index contributed by atoms with van der Waals surface area (Å²) in [6.07, 6.45) is -2.12. The van der Waals surface area contributed by atoms with E-state index in [1.165, 1.54) is 18.2 Å². The van der Waals surface area contributed by atoms with Crippen molar-refractivity contribution in [3.8, 4) is 11.4 Å². The highest BCUT2D eigenvalue weighted by Crippen LogP contribution is 2.31. The third-order valence-electron chi connectivity index (χ3n) is 5.50. The summed E-state index contributed by atoms with van der Waals surface area (Å²) in [4.78, 5) is 42.0. The van der Waals surface area contributed by atoms with Crippen molar-refractivity contribution in [2.75, 3.05) is 0 Å². The number of aromatic nitrogens is 4. The van der Waals surface area contributed by atoms with E-state index in [1.807, 2.05) is 0 Å². The Morgan fingerprint density at radius 3 is 2.49 bits per heavy atom. The fourth-order valence-electron chi connectivity index (χ4n) is 3.53. The predicted molar refractivity (Wildman–Crippen MR) is 129 cm³/mol. The molecule has 11 nitrogen and oxygen atoms in total. The van der Waals surface area contributed by atoms with Crippen molar-refractivity contribution >= 4 is 39.3 Å². The van der Waals surface area contributed by atoms with Crippen molar-refractivity contribution < 1.29 is 28.0 Å². The highest BCUT2D eigenvalue weighted by atomic mass is 35.5. The van der Waals surface area contributed by atoms with E-state index in [0.29, 0.717) is 17.5 Å². The lowest BCUT2D eigenvalue weighted by atomic mass is 9.91. The van der Waals surface area contributed by atoms with E-state index in [-0.39, 0.29) is 45.0 Å². The summed E-state index contributed by atoms with van der Waals surface area (Å²) in [6.45, 7) is 0. The standard InChI is InChI=1S/C21H17Cl2F2N5O6S/c22-14-5-10(30-21(35)27-19(33)17(28-30)18(24)25)6-15(23)12(14)3-8-4-13(16(32)7-26-8)20(34)37(36)29-9-1-11(31)2-9/h4-7,9,11,18,29,31-32H,1-3H2,(H,27,33,35). The number of carbonyl (C=O) groups excluding carboxylic acids is 1. The highest BCUT2D eigenvalue weighted by Gasteiger charge is 2.31. The van der Waals surface area contributed by atoms with E-state index >= 15 is 0 Å². The molecule has 0 saturated heterocycles. The first-order chi connectivity index (χ1) is 17.4. The molecule has 1 aliphatic carbocycles. The zero-order valence-electron chi connectivity index (χ0n) is 18.5. The number of aromatic amines is 1. The van der Waals surface area contributed by atoms with Crippen LogP contribution in [0, 0.1) is 0 Å². The minimum Gasteiger partial charge on any atom is -0.506 e. The second kappa shape index (κ2) is 10.8. The van der Waals surface area contributed by atoms with Crippen molar-refractivity contribution in [2.45, 2.75) is 37.8 Å². The number of alkyl halides is 2. The molecule has 0 spiro atoms. The third-order valence-corrected chi connectivity index (χ3v) is 7.28. The molecule has 4 rings (SSSR count). The molecule has 37 heavy (non-hydrogen) atoms. The quantitative estimate of drug-likeness (QED) is 0.330. The number of carbonyl (C=O) groups is 1. The molecule has 3 aromatic rings. The largest absolute Gasteiger partial charge is 0.506 e. The maximum absolute atomic E-state index is 13.1. The van der Waals surface area contributed by atoms with Crippen molar-refractivity contribution in [3.63, 3.8) is 0 Å². The van der Waals surface area contributed by atoms with Crippen LogP contribution < -0.4 is 16.0 Å². The van der Waals surface area contributed by atoms with Gasteiger partial charge in [0.1, 0.15) is 5.75 Å². The van der Waals surface area contributed by atoms with Crippen molar-refractivity contribution in [1.29, 1.82) is 0 Å². The van der Waals surface area contributed by atoms with Crippen molar-refractivity contribution in [1.82, 2.24) is 24.5 Å². The van der Waals surface area contributed by atoms with E-state index in [0.717, 1.165) is 6.20 Å². The zero-order chi connectivity index (χ0) is 27.0. The maximum atomic E-state index is 13.1. The Morgan fingerprint density at radius 1 is 1.24 bits per heavy atom. The Kier molecular flexibility index (Phi) is 7.85. The van der Waals surface area contributed by atoms with Gasteiger partial charge in [-0.2, -0.15) is 9.78 Å². The lowest BCUT2D eigenvalue weighted by Gasteiger charge is -2.31. The van der Waals surface area contributed by atoms with Gasteiger partial charge in [0.05, 0.1) is 23.6 Å². The van der Waals surface area contributed by atoms with Gasteiger partial charge in [-0.3, -0.25) is 19.6 Å². The molecule has 4 N–H and O–H groups in total. The van der Waals surface area contributed by atoms with Crippen LogP contribution in [0.2, 0.25) is 10.0 Å². The molecule has 1 atom stereocenters. The number of halogens is 4. The van der Waals surface area contributed by atoms with Crippen molar-refractivity contribution in [3.05, 3.63) is 77.8 Å².